The molecule has 0 bridgehead atoms. The standard InChI is InChI=1S/C18H26N4O3/c23-16(13-22-9-10-25-18(22)24)20-7-2-5-15(12-20)17-19-6-8-21(17)11-14-3-1-4-14/h6,8,14-15H,1-5,7,9-13H2/t15-/m1/s1. The molecule has 136 valence electrons. The van der Waals surface area contributed by atoms with Crippen LogP contribution in [0.5, 0.6) is 0 Å². The van der Waals surface area contributed by atoms with Crippen LogP contribution < -0.4 is 0 Å². The fourth-order valence-electron chi connectivity index (χ4n) is 4.04. The highest BCUT2D eigenvalue weighted by atomic mass is 16.6. The third-order valence-corrected chi connectivity index (χ3v) is 5.74. The zero-order valence-corrected chi connectivity index (χ0v) is 14.6. The summed E-state index contributed by atoms with van der Waals surface area (Å²) >= 11 is 0. The number of ether oxygens (including phenoxy) is 1. The topological polar surface area (TPSA) is 67.7 Å². The summed E-state index contributed by atoms with van der Waals surface area (Å²) in [5, 5.41) is 0. The number of nitrogens with zero attached hydrogens (tertiary/aromatic N) is 4. The Hall–Kier alpha value is -2.05. The highest BCUT2D eigenvalue weighted by Gasteiger charge is 2.31. The van der Waals surface area contributed by atoms with E-state index >= 15 is 0 Å². The lowest BCUT2D eigenvalue weighted by molar-refractivity contribution is -0.133. The fraction of sp³-hybridized carbons (Fsp3) is 0.722. The van der Waals surface area contributed by atoms with Gasteiger partial charge in [-0.05, 0) is 31.6 Å². The number of carbonyl (C=O) groups is 2. The molecule has 0 radical (unpaired) electrons. The Kier molecular flexibility index (Phi) is 4.63. The van der Waals surface area contributed by atoms with Crippen LogP contribution in [0.3, 0.4) is 0 Å². The van der Waals surface area contributed by atoms with Crippen molar-refractivity contribution in [2.45, 2.75) is 44.6 Å². The van der Waals surface area contributed by atoms with Gasteiger partial charge in [-0.1, -0.05) is 6.42 Å². The Balaban J connectivity index is 1.38. The summed E-state index contributed by atoms with van der Waals surface area (Å²) < 4.78 is 7.20. The monoisotopic (exact) mass is 346 g/mol. The summed E-state index contributed by atoms with van der Waals surface area (Å²) in [6.45, 7) is 3.54. The van der Waals surface area contributed by atoms with Gasteiger partial charge in [0.1, 0.15) is 19.0 Å². The van der Waals surface area contributed by atoms with Gasteiger partial charge in [0, 0.05) is 37.9 Å². The molecule has 0 N–H and O–H groups in total. The molecule has 1 aromatic heterocycles. The molecule has 3 heterocycles. The molecule has 7 nitrogen and oxygen atoms in total. The summed E-state index contributed by atoms with van der Waals surface area (Å²) in [6.07, 6.45) is 9.62. The van der Waals surface area contributed by atoms with Crippen LogP contribution in [0, 0.1) is 5.92 Å². The first kappa shape index (κ1) is 16.4. The number of hydrogen-bond acceptors (Lipinski definition) is 4. The third-order valence-electron chi connectivity index (χ3n) is 5.74. The average Bonchev–Trinajstić information content (AvgIpc) is 3.20. The van der Waals surface area contributed by atoms with E-state index in [9.17, 15) is 9.59 Å². The molecule has 0 spiro atoms. The van der Waals surface area contributed by atoms with Crippen molar-refractivity contribution < 1.29 is 14.3 Å². The molecule has 1 atom stereocenters. The van der Waals surface area contributed by atoms with Crippen molar-refractivity contribution in [2.75, 3.05) is 32.8 Å². The van der Waals surface area contributed by atoms with Crippen molar-refractivity contribution in [1.82, 2.24) is 19.4 Å². The number of amides is 2. The highest BCUT2D eigenvalue weighted by Crippen LogP contribution is 2.31. The molecule has 2 aliphatic heterocycles. The molecule has 4 rings (SSSR count). The van der Waals surface area contributed by atoms with Gasteiger partial charge in [0.15, 0.2) is 0 Å². The first-order chi connectivity index (χ1) is 12.2. The highest BCUT2D eigenvalue weighted by molar-refractivity contribution is 5.83. The average molecular weight is 346 g/mol. The van der Waals surface area contributed by atoms with Crippen molar-refractivity contribution in [2.24, 2.45) is 5.92 Å². The molecule has 1 aromatic rings. The van der Waals surface area contributed by atoms with Crippen LogP contribution in [0.1, 0.15) is 43.8 Å². The van der Waals surface area contributed by atoms with Crippen LogP contribution in [0.4, 0.5) is 4.79 Å². The van der Waals surface area contributed by atoms with Gasteiger partial charge < -0.3 is 14.2 Å². The summed E-state index contributed by atoms with van der Waals surface area (Å²) in [4.78, 5) is 32.1. The van der Waals surface area contributed by atoms with Gasteiger partial charge in [-0.3, -0.25) is 9.69 Å². The molecule has 1 saturated carbocycles. The molecule has 0 aromatic carbocycles. The van der Waals surface area contributed by atoms with E-state index in [0.29, 0.717) is 25.6 Å². The number of cyclic esters (lactones) is 1. The SMILES string of the molecule is O=C(CN1CCOC1=O)N1CCC[C@@H](c2nccn2CC2CCC2)C1. The van der Waals surface area contributed by atoms with Gasteiger partial charge in [-0.15, -0.1) is 0 Å². The summed E-state index contributed by atoms with van der Waals surface area (Å²) in [6, 6.07) is 0. The fourth-order valence-corrected chi connectivity index (χ4v) is 4.04. The van der Waals surface area contributed by atoms with Crippen LogP contribution in [0.15, 0.2) is 12.4 Å². The van der Waals surface area contributed by atoms with E-state index in [4.69, 9.17) is 4.74 Å². The smallest absolute Gasteiger partial charge is 0.410 e. The van der Waals surface area contributed by atoms with Crippen molar-refractivity contribution in [3.8, 4) is 0 Å². The van der Waals surface area contributed by atoms with Gasteiger partial charge in [-0.2, -0.15) is 0 Å². The summed E-state index contributed by atoms with van der Waals surface area (Å²) in [5.74, 6) is 2.21. The molecule has 25 heavy (non-hydrogen) atoms. The minimum Gasteiger partial charge on any atom is -0.448 e. The molecule has 3 fully saturated rings. The minimum absolute atomic E-state index is 0.0145. The molecular formula is C18H26N4O3. The van der Waals surface area contributed by atoms with Gasteiger partial charge in [-0.25, -0.2) is 9.78 Å². The van der Waals surface area contributed by atoms with Gasteiger partial charge in [0.25, 0.3) is 0 Å². The van der Waals surface area contributed by atoms with Crippen molar-refractivity contribution in [1.29, 1.82) is 0 Å². The Morgan fingerprint density at radius 2 is 2.12 bits per heavy atom. The predicted octanol–water partition coefficient (Wildman–Crippen LogP) is 1.84. The summed E-state index contributed by atoms with van der Waals surface area (Å²) in [5.41, 5.74) is 0. The van der Waals surface area contributed by atoms with Gasteiger partial charge in [0.05, 0.1) is 6.54 Å². The molecular weight excluding hydrogens is 320 g/mol. The Morgan fingerprint density at radius 1 is 1.24 bits per heavy atom. The molecule has 7 heteroatoms. The summed E-state index contributed by atoms with van der Waals surface area (Å²) in [7, 11) is 0. The number of carbonyl (C=O) groups excluding carboxylic acids is 2. The first-order valence-corrected chi connectivity index (χ1v) is 9.41. The zero-order valence-electron chi connectivity index (χ0n) is 14.6. The second-order valence-corrected chi connectivity index (χ2v) is 7.45. The van der Waals surface area contributed by atoms with E-state index in [1.54, 1.807) is 0 Å². The van der Waals surface area contributed by atoms with Gasteiger partial charge in [0.2, 0.25) is 5.91 Å². The van der Waals surface area contributed by atoms with Crippen LogP contribution in [0.25, 0.3) is 0 Å². The van der Waals surface area contributed by atoms with E-state index in [1.165, 1.54) is 24.2 Å². The van der Waals surface area contributed by atoms with Crippen molar-refractivity contribution in [3.63, 3.8) is 0 Å². The maximum absolute atomic E-state index is 12.6. The van der Waals surface area contributed by atoms with E-state index in [2.05, 4.69) is 15.7 Å². The minimum atomic E-state index is -0.377. The number of imidazole rings is 1. The maximum atomic E-state index is 12.6. The molecule has 1 aliphatic carbocycles. The quantitative estimate of drug-likeness (QED) is 0.816. The number of piperidine rings is 1. The molecule has 3 aliphatic rings. The first-order valence-electron chi connectivity index (χ1n) is 9.41. The zero-order chi connectivity index (χ0) is 17.2. The molecule has 2 saturated heterocycles. The van der Waals surface area contributed by atoms with E-state index < -0.39 is 0 Å². The number of likely N-dealkylation sites (tertiary alicyclic amines) is 1. The normalized spacial score (nSPS) is 24.3. The molecule has 0 unspecified atom stereocenters. The van der Waals surface area contributed by atoms with E-state index in [0.717, 1.165) is 37.7 Å². The van der Waals surface area contributed by atoms with E-state index in [-0.39, 0.29) is 18.5 Å². The maximum Gasteiger partial charge on any atom is 0.410 e. The number of aromatic nitrogens is 2. The van der Waals surface area contributed by atoms with Crippen LogP contribution in [0.2, 0.25) is 0 Å². The Morgan fingerprint density at radius 3 is 2.84 bits per heavy atom. The second-order valence-electron chi connectivity index (χ2n) is 7.45. The largest absolute Gasteiger partial charge is 0.448 e. The Bertz CT molecular complexity index is 640. The van der Waals surface area contributed by atoms with Crippen molar-refractivity contribution in [3.05, 3.63) is 18.2 Å². The lowest BCUT2D eigenvalue weighted by atomic mass is 9.85. The lowest BCUT2D eigenvalue weighted by Gasteiger charge is -2.34. The lowest BCUT2D eigenvalue weighted by Crippen LogP contribution is -2.45. The predicted molar refractivity (Wildman–Crippen MR) is 91.0 cm³/mol. The van der Waals surface area contributed by atoms with Crippen LogP contribution in [-0.2, 0) is 16.1 Å². The Labute approximate surface area is 147 Å². The number of rotatable bonds is 5. The van der Waals surface area contributed by atoms with E-state index in [1.807, 2.05) is 11.1 Å². The number of hydrogen-bond donors (Lipinski definition) is 0. The molecule has 2 amide bonds. The van der Waals surface area contributed by atoms with Crippen LogP contribution in [-0.4, -0.2) is 64.1 Å². The van der Waals surface area contributed by atoms with Crippen LogP contribution >= 0.6 is 0 Å². The second kappa shape index (κ2) is 7.06. The van der Waals surface area contributed by atoms with Gasteiger partial charge >= 0.3 is 6.09 Å². The van der Waals surface area contributed by atoms with Crippen molar-refractivity contribution >= 4 is 12.0 Å². The third kappa shape index (κ3) is 3.50.